The van der Waals surface area contributed by atoms with Gasteiger partial charge in [-0.15, -0.1) is 0 Å². The molecule has 6 nitrogen and oxygen atoms in total. The van der Waals surface area contributed by atoms with Crippen LogP contribution in [-0.2, 0) is 9.59 Å². The molecule has 1 saturated heterocycles. The highest BCUT2D eigenvalue weighted by molar-refractivity contribution is 9.10. The molecule has 1 aromatic heterocycles. The van der Waals surface area contributed by atoms with E-state index in [1.807, 2.05) is 30.3 Å². The number of carbonyl (C=O) groups is 2. The van der Waals surface area contributed by atoms with Gasteiger partial charge in [0.1, 0.15) is 10.9 Å². The lowest BCUT2D eigenvalue weighted by atomic mass is 10.1. The molecule has 0 aliphatic carbocycles. The molecular weight excluding hydrogens is 380 g/mol. The molecule has 3 rings (SSSR count). The minimum Gasteiger partial charge on any atom is -0.312 e. The lowest BCUT2D eigenvalue weighted by molar-refractivity contribution is -0.122. The monoisotopic (exact) mass is 390 g/mol. The maximum Gasteiger partial charge on any atom is 0.231 e. The van der Waals surface area contributed by atoms with Crippen molar-refractivity contribution in [3.8, 4) is 6.07 Å². The van der Waals surface area contributed by atoms with Crippen LogP contribution >= 0.6 is 27.3 Å². The second-order valence-electron chi connectivity index (χ2n) is 5.02. The number of nitriles is 1. The molecule has 1 aliphatic heterocycles. The van der Waals surface area contributed by atoms with Crippen LogP contribution in [-0.4, -0.2) is 23.3 Å². The Kier molecular flexibility index (Phi) is 4.41. The molecule has 8 heteroatoms. The number of hydrogen-bond acceptors (Lipinski definition) is 5. The first-order valence-corrected chi connectivity index (χ1v) is 8.40. The average Bonchev–Trinajstić information content (AvgIpc) is 3.13. The van der Waals surface area contributed by atoms with Crippen LogP contribution in [0.15, 0.2) is 34.9 Å². The van der Waals surface area contributed by atoms with Crippen LogP contribution in [0.25, 0.3) is 0 Å². The van der Waals surface area contributed by atoms with Gasteiger partial charge in [0.15, 0.2) is 5.13 Å². The first-order chi connectivity index (χ1) is 11.1. The number of benzene rings is 1. The summed E-state index contributed by atoms with van der Waals surface area (Å²) in [5, 5.41) is 11.8. The molecule has 0 bridgehead atoms. The standard InChI is InChI=1S/C15H11BrN4O2S/c16-10-2-1-3-11(5-10)20-8-9(4-13(20)21)14(22)19-15-18-7-12(6-17)23-15/h1-3,5,7,9H,4,8H2,(H,18,19,22). The van der Waals surface area contributed by atoms with Crippen LogP contribution in [0.5, 0.6) is 0 Å². The summed E-state index contributed by atoms with van der Waals surface area (Å²) < 4.78 is 0.877. The summed E-state index contributed by atoms with van der Waals surface area (Å²) in [6, 6.07) is 9.38. The Labute approximate surface area is 144 Å². The molecule has 1 fully saturated rings. The number of nitrogens with zero attached hydrogens (tertiary/aromatic N) is 3. The van der Waals surface area contributed by atoms with Crippen LogP contribution < -0.4 is 10.2 Å². The molecule has 23 heavy (non-hydrogen) atoms. The first-order valence-electron chi connectivity index (χ1n) is 6.79. The summed E-state index contributed by atoms with van der Waals surface area (Å²) in [6.45, 7) is 0.331. The minimum absolute atomic E-state index is 0.0832. The van der Waals surface area contributed by atoms with Crippen molar-refractivity contribution < 1.29 is 9.59 Å². The van der Waals surface area contributed by atoms with E-state index < -0.39 is 5.92 Å². The molecule has 2 aromatic rings. The van der Waals surface area contributed by atoms with Gasteiger partial charge in [0.25, 0.3) is 0 Å². The van der Waals surface area contributed by atoms with Crippen molar-refractivity contribution in [1.29, 1.82) is 5.26 Å². The molecule has 0 spiro atoms. The smallest absolute Gasteiger partial charge is 0.231 e. The van der Waals surface area contributed by atoms with Crippen molar-refractivity contribution in [2.24, 2.45) is 5.92 Å². The number of halogens is 1. The van der Waals surface area contributed by atoms with Crippen molar-refractivity contribution >= 4 is 49.9 Å². The van der Waals surface area contributed by atoms with Gasteiger partial charge in [-0.2, -0.15) is 5.26 Å². The molecule has 2 amide bonds. The summed E-state index contributed by atoms with van der Waals surface area (Å²) >= 11 is 4.49. The summed E-state index contributed by atoms with van der Waals surface area (Å²) in [6.07, 6.45) is 1.57. The molecule has 1 unspecified atom stereocenters. The van der Waals surface area contributed by atoms with E-state index in [1.165, 1.54) is 6.20 Å². The van der Waals surface area contributed by atoms with Crippen LogP contribution in [0.2, 0.25) is 0 Å². The van der Waals surface area contributed by atoms with Gasteiger partial charge >= 0.3 is 0 Å². The largest absolute Gasteiger partial charge is 0.312 e. The normalized spacial score (nSPS) is 17.1. The fraction of sp³-hybridized carbons (Fsp3) is 0.200. The van der Waals surface area contributed by atoms with Gasteiger partial charge in [0.05, 0.1) is 12.1 Å². The van der Waals surface area contributed by atoms with Gasteiger partial charge in [-0.05, 0) is 18.2 Å². The Bertz CT molecular complexity index is 814. The fourth-order valence-corrected chi connectivity index (χ4v) is 3.37. The average molecular weight is 391 g/mol. The topological polar surface area (TPSA) is 86.1 Å². The number of amides is 2. The number of rotatable bonds is 3. The predicted molar refractivity (Wildman–Crippen MR) is 90.1 cm³/mol. The highest BCUT2D eigenvalue weighted by Crippen LogP contribution is 2.28. The van der Waals surface area contributed by atoms with E-state index in [-0.39, 0.29) is 18.2 Å². The summed E-state index contributed by atoms with van der Waals surface area (Å²) in [5.41, 5.74) is 0.765. The maximum absolute atomic E-state index is 12.3. The lowest BCUT2D eigenvalue weighted by Gasteiger charge is -2.16. The third-order valence-corrected chi connectivity index (χ3v) is 4.77. The molecule has 1 N–H and O–H groups in total. The van der Waals surface area contributed by atoms with Gasteiger partial charge in [-0.3, -0.25) is 9.59 Å². The number of nitrogens with one attached hydrogen (secondary N) is 1. The van der Waals surface area contributed by atoms with Crippen molar-refractivity contribution in [3.05, 3.63) is 39.8 Å². The first kappa shape index (κ1) is 15.6. The second-order valence-corrected chi connectivity index (χ2v) is 6.96. The molecule has 2 heterocycles. The van der Waals surface area contributed by atoms with Crippen LogP contribution in [0, 0.1) is 17.2 Å². The molecule has 0 saturated carbocycles. The van der Waals surface area contributed by atoms with Crippen LogP contribution in [0.1, 0.15) is 11.3 Å². The quantitative estimate of drug-likeness (QED) is 0.872. The Balaban J connectivity index is 1.69. The number of thiazole rings is 1. The highest BCUT2D eigenvalue weighted by atomic mass is 79.9. The fourth-order valence-electron chi connectivity index (χ4n) is 2.37. The van der Waals surface area contributed by atoms with E-state index in [4.69, 9.17) is 5.26 Å². The summed E-state index contributed by atoms with van der Waals surface area (Å²) in [5.74, 6) is -0.772. The number of aromatic nitrogens is 1. The molecule has 116 valence electrons. The van der Waals surface area contributed by atoms with Crippen molar-refractivity contribution in [2.75, 3.05) is 16.8 Å². The van der Waals surface area contributed by atoms with Gasteiger partial charge in [0.2, 0.25) is 11.8 Å². The van der Waals surface area contributed by atoms with Gasteiger partial charge < -0.3 is 10.2 Å². The van der Waals surface area contributed by atoms with Gasteiger partial charge in [-0.25, -0.2) is 4.98 Å². The van der Waals surface area contributed by atoms with Crippen LogP contribution in [0.3, 0.4) is 0 Å². The Morgan fingerprint density at radius 3 is 3.04 bits per heavy atom. The van der Waals surface area contributed by atoms with Crippen molar-refractivity contribution in [3.63, 3.8) is 0 Å². The number of anilines is 2. The zero-order chi connectivity index (χ0) is 16.4. The minimum atomic E-state index is -0.434. The third-order valence-electron chi connectivity index (χ3n) is 3.46. The predicted octanol–water partition coefficient (Wildman–Crippen LogP) is 2.77. The second kappa shape index (κ2) is 6.48. The molecule has 0 radical (unpaired) electrons. The highest BCUT2D eigenvalue weighted by Gasteiger charge is 2.35. The van der Waals surface area contributed by atoms with E-state index in [2.05, 4.69) is 26.2 Å². The van der Waals surface area contributed by atoms with E-state index in [9.17, 15) is 9.59 Å². The summed E-state index contributed by atoms with van der Waals surface area (Å²) in [4.78, 5) is 30.5. The Morgan fingerprint density at radius 2 is 2.35 bits per heavy atom. The zero-order valence-corrected chi connectivity index (χ0v) is 14.2. The van der Waals surface area contributed by atoms with Gasteiger partial charge in [-0.1, -0.05) is 33.3 Å². The van der Waals surface area contributed by atoms with E-state index in [0.29, 0.717) is 16.6 Å². The number of carbonyl (C=O) groups excluding carboxylic acids is 2. The maximum atomic E-state index is 12.3. The van der Waals surface area contributed by atoms with Gasteiger partial charge in [0, 0.05) is 23.1 Å². The molecule has 1 atom stereocenters. The van der Waals surface area contributed by atoms with Crippen molar-refractivity contribution in [1.82, 2.24) is 4.98 Å². The molecular formula is C15H11BrN4O2S. The van der Waals surface area contributed by atoms with Crippen molar-refractivity contribution in [2.45, 2.75) is 6.42 Å². The Hall–Kier alpha value is -2.24. The zero-order valence-electron chi connectivity index (χ0n) is 11.8. The number of hydrogen-bond donors (Lipinski definition) is 1. The molecule has 1 aromatic carbocycles. The van der Waals surface area contributed by atoms with Crippen LogP contribution in [0.4, 0.5) is 10.8 Å². The van der Waals surface area contributed by atoms with E-state index >= 15 is 0 Å². The summed E-state index contributed by atoms with van der Waals surface area (Å²) in [7, 11) is 0. The Morgan fingerprint density at radius 1 is 1.52 bits per heavy atom. The SMILES string of the molecule is N#Cc1cnc(NC(=O)C2CC(=O)N(c3cccc(Br)c3)C2)s1. The third kappa shape index (κ3) is 3.41. The van der Waals surface area contributed by atoms with E-state index in [0.717, 1.165) is 21.5 Å². The molecule has 1 aliphatic rings. The lowest BCUT2D eigenvalue weighted by Crippen LogP contribution is -2.28. The van der Waals surface area contributed by atoms with E-state index in [1.54, 1.807) is 4.90 Å².